The van der Waals surface area contributed by atoms with E-state index in [4.69, 9.17) is 19.0 Å². The molecule has 0 rings (SSSR count). The van der Waals surface area contributed by atoms with Crippen molar-refractivity contribution in [3.05, 3.63) is 0 Å². The lowest BCUT2D eigenvalue weighted by Crippen LogP contribution is -2.17. The zero-order valence-electron chi connectivity index (χ0n) is 11.1. The maximum atomic E-state index is 10.7. The van der Waals surface area contributed by atoms with Crippen LogP contribution in [0.15, 0.2) is 0 Å². The lowest BCUT2D eigenvalue weighted by atomic mass is 10.3. The van der Waals surface area contributed by atoms with E-state index in [0.717, 1.165) is 12.8 Å². The highest BCUT2D eigenvalue weighted by molar-refractivity contribution is 7.59. The number of hydrogen-bond acceptors (Lipinski definition) is 6. The predicted octanol–water partition coefficient (Wildman–Crippen LogP) is 2.05. The van der Waals surface area contributed by atoms with E-state index in [0.29, 0.717) is 6.61 Å². The second kappa shape index (κ2) is 9.23. The van der Waals surface area contributed by atoms with Gasteiger partial charge >= 0.3 is 13.9 Å². The molecule has 0 heterocycles. The molecule has 6 nitrogen and oxygen atoms in total. The first-order valence-electron chi connectivity index (χ1n) is 5.86. The number of unbranched alkanes of at least 4 members (excludes halogenated alkanes) is 1. The molecule has 104 valence electrons. The molecule has 0 aromatic heterocycles. The Bertz CT molecular complexity index is 290. The van der Waals surface area contributed by atoms with E-state index < -0.39 is 20.0 Å². The van der Waals surface area contributed by atoms with Crippen LogP contribution in [0.4, 0.5) is 0 Å². The Morgan fingerprint density at radius 2 is 2.06 bits per heavy atom. The Labute approximate surface area is 108 Å². The van der Waals surface area contributed by atoms with E-state index in [1.165, 1.54) is 13.6 Å². The van der Waals surface area contributed by atoms with Gasteiger partial charge in [0.25, 0.3) is 0 Å². The van der Waals surface area contributed by atoms with Crippen molar-refractivity contribution in [2.24, 2.45) is 0 Å². The van der Waals surface area contributed by atoms with Gasteiger partial charge in [0.2, 0.25) is 0 Å². The van der Waals surface area contributed by atoms with Crippen LogP contribution in [0.25, 0.3) is 0 Å². The van der Waals surface area contributed by atoms with Gasteiger partial charge in [0.1, 0.15) is 19.3 Å². The Morgan fingerprint density at radius 1 is 1.44 bits per heavy atom. The van der Waals surface area contributed by atoms with Gasteiger partial charge in [0.05, 0.1) is 6.61 Å². The Morgan fingerprint density at radius 3 is 2.56 bits per heavy atom. The van der Waals surface area contributed by atoms with E-state index in [1.807, 2.05) is 13.0 Å². The average molecular weight is 278 g/mol. The third-order valence-corrected chi connectivity index (χ3v) is 3.32. The van der Waals surface area contributed by atoms with Crippen LogP contribution in [-0.4, -0.2) is 36.8 Å². The van der Waals surface area contributed by atoms with Crippen LogP contribution in [0.1, 0.15) is 33.1 Å². The number of esters is 1. The fraction of sp³-hybridized carbons (Fsp3) is 0.818. The normalized spacial score (nSPS) is 15.5. The van der Waals surface area contributed by atoms with Crippen LogP contribution in [0, 0.1) is 11.3 Å². The smallest absolute Gasteiger partial charge is 0.405 e. The second-order valence-corrected chi connectivity index (χ2v) is 5.96. The molecule has 1 N–H and O–H groups in total. The summed E-state index contributed by atoms with van der Waals surface area (Å²) in [6.07, 6.45) is 1.19. The lowest BCUT2D eigenvalue weighted by Gasteiger charge is -2.14. The van der Waals surface area contributed by atoms with E-state index in [9.17, 15) is 9.69 Å². The van der Waals surface area contributed by atoms with Gasteiger partial charge in [-0.3, -0.25) is 4.79 Å². The summed E-state index contributed by atoms with van der Waals surface area (Å²) in [7, 11) is -2.82. The van der Waals surface area contributed by atoms with Crippen LogP contribution >= 0.6 is 7.94 Å². The minimum absolute atomic E-state index is 0.110. The SMILES string of the molecule is CCCCO[P+](C)(O)OCCC(C#N)OC(C)=O. The zero-order valence-corrected chi connectivity index (χ0v) is 12.0. The summed E-state index contributed by atoms with van der Waals surface area (Å²) in [6, 6.07) is 1.84. The van der Waals surface area contributed by atoms with Crippen molar-refractivity contribution in [3.8, 4) is 6.07 Å². The summed E-state index contributed by atoms with van der Waals surface area (Å²) in [5.41, 5.74) is 0. The van der Waals surface area contributed by atoms with Crippen LogP contribution in [0.2, 0.25) is 0 Å². The number of carbonyl (C=O) groups excluding carboxylic acids is 1. The van der Waals surface area contributed by atoms with E-state index in [1.54, 1.807) is 0 Å². The molecular weight excluding hydrogens is 257 g/mol. The molecule has 0 saturated heterocycles. The molecule has 0 radical (unpaired) electrons. The molecule has 0 fully saturated rings. The zero-order chi connectivity index (χ0) is 14.0. The average Bonchev–Trinajstić information content (AvgIpc) is 2.27. The topological polar surface area (TPSA) is 88.8 Å². The van der Waals surface area contributed by atoms with Crippen LogP contribution in [0.5, 0.6) is 0 Å². The quantitative estimate of drug-likeness (QED) is 0.394. The summed E-state index contributed by atoms with van der Waals surface area (Å²) in [4.78, 5) is 20.5. The molecule has 2 unspecified atom stereocenters. The Kier molecular flexibility index (Phi) is 8.86. The highest BCUT2D eigenvalue weighted by Gasteiger charge is 2.33. The first kappa shape index (κ1) is 17.3. The molecule has 0 spiro atoms. The molecule has 0 aromatic rings. The minimum atomic E-state index is -2.82. The number of nitrogens with zero attached hydrogens (tertiary/aromatic N) is 1. The molecule has 2 atom stereocenters. The minimum Gasteiger partial charge on any atom is -0.447 e. The van der Waals surface area contributed by atoms with Gasteiger partial charge in [-0.15, -0.1) is 0 Å². The second-order valence-electron chi connectivity index (χ2n) is 3.84. The summed E-state index contributed by atoms with van der Waals surface area (Å²) >= 11 is 0. The molecule has 0 amide bonds. The standard InChI is InChI=1S/C11H21NO5P/c1-4-5-7-15-18(3,14)16-8-6-11(9-12)17-10(2)13/h11,14H,4-8H2,1-3H3/q+1. The molecule has 0 aliphatic heterocycles. The fourth-order valence-corrected chi connectivity index (χ4v) is 2.08. The van der Waals surface area contributed by atoms with Gasteiger partial charge in [0.15, 0.2) is 6.10 Å². The monoisotopic (exact) mass is 278 g/mol. The third kappa shape index (κ3) is 9.32. The van der Waals surface area contributed by atoms with E-state index in [-0.39, 0.29) is 13.0 Å². The fourth-order valence-electron chi connectivity index (χ4n) is 1.09. The molecule has 0 bridgehead atoms. The van der Waals surface area contributed by atoms with Gasteiger partial charge in [-0.05, 0) is 6.42 Å². The van der Waals surface area contributed by atoms with Gasteiger partial charge in [0, 0.05) is 13.3 Å². The van der Waals surface area contributed by atoms with Gasteiger partial charge in [-0.25, -0.2) is 0 Å². The van der Waals surface area contributed by atoms with Gasteiger partial charge in [-0.2, -0.15) is 19.2 Å². The van der Waals surface area contributed by atoms with Crippen LogP contribution in [0.3, 0.4) is 0 Å². The number of hydrogen-bond donors (Lipinski definition) is 1. The van der Waals surface area contributed by atoms with Gasteiger partial charge < -0.3 is 4.74 Å². The Balaban J connectivity index is 3.86. The number of ether oxygens (including phenoxy) is 1. The molecular formula is C11H21NO5P+. The highest BCUT2D eigenvalue weighted by atomic mass is 31.2. The van der Waals surface area contributed by atoms with Crippen molar-refractivity contribution in [3.63, 3.8) is 0 Å². The van der Waals surface area contributed by atoms with Crippen molar-refractivity contribution in [1.29, 1.82) is 5.26 Å². The van der Waals surface area contributed by atoms with Crippen molar-refractivity contribution in [1.82, 2.24) is 0 Å². The molecule has 0 aromatic carbocycles. The van der Waals surface area contributed by atoms with Crippen molar-refractivity contribution < 1.29 is 23.5 Å². The van der Waals surface area contributed by atoms with Crippen molar-refractivity contribution in [2.45, 2.75) is 39.2 Å². The number of nitriles is 1. The van der Waals surface area contributed by atoms with E-state index in [2.05, 4.69) is 0 Å². The predicted molar refractivity (Wildman–Crippen MR) is 67.7 cm³/mol. The summed E-state index contributed by atoms with van der Waals surface area (Å²) < 4.78 is 15.1. The number of rotatable bonds is 9. The lowest BCUT2D eigenvalue weighted by molar-refractivity contribution is -0.144. The maximum Gasteiger partial charge on any atom is 0.405 e. The molecule has 7 heteroatoms. The molecule has 0 saturated carbocycles. The van der Waals surface area contributed by atoms with Crippen molar-refractivity contribution in [2.75, 3.05) is 19.9 Å². The van der Waals surface area contributed by atoms with Crippen LogP contribution < -0.4 is 0 Å². The molecule has 0 aliphatic rings. The first-order valence-corrected chi connectivity index (χ1v) is 7.89. The molecule has 18 heavy (non-hydrogen) atoms. The number of carbonyl (C=O) groups is 1. The Hall–Kier alpha value is -0.730. The van der Waals surface area contributed by atoms with Crippen molar-refractivity contribution >= 4 is 13.9 Å². The third-order valence-electron chi connectivity index (χ3n) is 1.99. The van der Waals surface area contributed by atoms with Gasteiger partial charge in [-0.1, -0.05) is 13.3 Å². The largest absolute Gasteiger partial charge is 0.447 e. The first-order chi connectivity index (χ1) is 8.41. The maximum absolute atomic E-state index is 10.7. The highest BCUT2D eigenvalue weighted by Crippen LogP contribution is 2.53. The summed E-state index contributed by atoms with van der Waals surface area (Å²) in [5, 5.41) is 8.71. The van der Waals surface area contributed by atoms with Crippen LogP contribution in [-0.2, 0) is 18.6 Å². The summed E-state index contributed by atoms with van der Waals surface area (Å²) in [5.74, 6) is -0.512. The summed E-state index contributed by atoms with van der Waals surface area (Å²) in [6.45, 7) is 5.31. The molecule has 0 aliphatic carbocycles. The van der Waals surface area contributed by atoms with E-state index >= 15 is 0 Å².